The van der Waals surface area contributed by atoms with Crippen molar-refractivity contribution in [3.8, 4) is 0 Å². The fourth-order valence-corrected chi connectivity index (χ4v) is 3.31. The van der Waals surface area contributed by atoms with Crippen molar-refractivity contribution in [3.05, 3.63) is 71.5 Å². The molecule has 0 spiro atoms. The number of hydrogen-bond donors (Lipinski definition) is 1. The van der Waals surface area contributed by atoms with E-state index >= 15 is 0 Å². The van der Waals surface area contributed by atoms with Crippen LogP contribution in [0, 0.1) is 5.82 Å². The fourth-order valence-electron chi connectivity index (χ4n) is 3.31. The highest BCUT2D eigenvalue weighted by atomic mass is 19.1. The summed E-state index contributed by atoms with van der Waals surface area (Å²) < 4.78 is 13.1. The van der Waals surface area contributed by atoms with Gasteiger partial charge in [-0.3, -0.25) is 0 Å². The van der Waals surface area contributed by atoms with Gasteiger partial charge >= 0.3 is 0 Å². The highest BCUT2D eigenvalue weighted by Gasteiger charge is 2.50. The Kier molecular flexibility index (Phi) is 4.07. The molecular formula is C19H22FN. The minimum Gasteiger partial charge on any atom is -0.313 e. The Bertz CT molecular complexity index is 572. The second-order valence-corrected chi connectivity index (χ2v) is 5.96. The average Bonchev–Trinajstić information content (AvgIpc) is 3.32. The molecule has 1 aliphatic rings. The van der Waals surface area contributed by atoms with Gasteiger partial charge in [-0.15, -0.1) is 0 Å². The van der Waals surface area contributed by atoms with Gasteiger partial charge in [0.05, 0.1) is 0 Å². The van der Waals surface area contributed by atoms with E-state index in [-0.39, 0.29) is 11.2 Å². The minimum atomic E-state index is -0.164. The molecule has 0 bridgehead atoms. The van der Waals surface area contributed by atoms with E-state index in [0.717, 1.165) is 13.0 Å². The number of hydrogen-bond acceptors (Lipinski definition) is 1. The van der Waals surface area contributed by atoms with Crippen molar-refractivity contribution < 1.29 is 4.39 Å². The summed E-state index contributed by atoms with van der Waals surface area (Å²) in [6.07, 6.45) is 3.41. The summed E-state index contributed by atoms with van der Waals surface area (Å²) >= 11 is 0. The molecule has 1 nitrogen and oxygen atoms in total. The Labute approximate surface area is 126 Å². The molecule has 0 aromatic heterocycles. The zero-order valence-corrected chi connectivity index (χ0v) is 12.5. The Balaban J connectivity index is 1.83. The number of nitrogens with one attached hydrogen (secondary N) is 1. The van der Waals surface area contributed by atoms with E-state index in [1.807, 2.05) is 12.1 Å². The maximum Gasteiger partial charge on any atom is 0.123 e. The molecule has 0 radical (unpaired) electrons. The number of rotatable bonds is 6. The van der Waals surface area contributed by atoms with E-state index in [4.69, 9.17) is 0 Å². The van der Waals surface area contributed by atoms with Crippen molar-refractivity contribution in [2.45, 2.75) is 37.6 Å². The summed E-state index contributed by atoms with van der Waals surface area (Å²) in [5, 5.41) is 3.65. The van der Waals surface area contributed by atoms with Crippen LogP contribution < -0.4 is 5.32 Å². The summed E-state index contributed by atoms with van der Waals surface area (Å²) in [5.41, 5.74) is 2.88. The fraction of sp³-hybridized carbons (Fsp3) is 0.368. The topological polar surface area (TPSA) is 12.0 Å². The molecular weight excluding hydrogens is 261 g/mol. The van der Waals surface area contributed by atoms with Crippen molar-refractivity contribution in [1.82, 2.24) is 5.32 Å². The smallest absolute Gasteiger partial charge is 0.123 e. The predicted molar refractivity (Wildman–Crippen MR) is 84.9 cm³/mol. The van der Waals surface area contributed by atoms with Crippen molar-refractivity contribution in [2.75, 3.05) is 6.54 Å². The molecule has 0 heterocycles. The number of benzene rings is 2. The zero-order chi connectivity index (χ0) is 14.7. The Hall–Kier alpha value is -1.67. The van der Waals surface area contributed by atoms with E-state index in [0.29, 0.717) is 6.04 Å². The van der Waals surface area contributed by atoms with Crippen LogP contribution in [0.2, 0.25) is 0 Å². The van der Waals surface area contributed by atoms with Crippen LogP contribution in [-0.2, 0) is 11.8 Å². The van der Waals surface area contributed by atoms with Gasteiger partial charge in [0, 0.05) is 11.5 Å². The lowest BCUT2D eigenvalue weighted by Gasteiger charge is -2.28. The van der Waals surface area contributed by atoms with Gasteiger partial charge < -0.3 is 5.32 Å². The zero-order valence-electron chi connectivity index (χ0n) is 12.5. The Morgan fingerprint density at radius 3 is 2.29 bits per heavy atom. The van der Waals surface area contributed by atoms with Gasteiger partial charge in [0.25, 0.3) is 0 Å². The van der Waals surface area contributed by atoms with Gasteiger partial charge in [-0.2, -0.15) is 0 Å². The molecule has 3 rings (SSSR count). The SMILES string of the molecule is CCNC(Cc1ccc(F)cc1)C1(c2ccccc2)CC1. The first-order chi connectivity index (χ1) is 10.2. The third kappa shape index (κ3) is 3.01. The van der Waals surface area contributed by atoms with Crippen LogP contribution >= 0.6 is 0 Å². The van der Waals surface area contributed by atoms with E-state index in [2.05, 4.69) is 42.6 Å². The minimum absolute atomic E-state index is 0.164. The molecule has 2 heteroatoms. The quantitative estimate of drug-likeness (QED) is 0.842. The van der Waals surface area contributed by atoms with Crippen LogP contribution in [0.3, 0.4) is 0 Å². The van der Waals surface area contributed by atoms with Gasteiger partial charge in [-0.1, -0.05) is 49.4 Å². The van der Waals surface area contributed by atoms with E-state index in [9.17, 15) is 4.39 Å². The third-order valence-electron chi connectivity index (χ3n) is 4.61. The normalized spacial score (nSPS) is 17.4. The van der Waals surface area contributed by atoms with Crippen LogP contribution in [0.1, 0.15) is 30.9 Å². The molecule has 1 saturated carbocycles. The van der Waals surface area contributed by atoms with Gasteiger partial charge in [0.15, 0.2) is 0 Å². The molecule has 0 saturated heterocycles. The first kappa shape index (κ1) is 14.3. The first-order valence-electron chi connectivity index (χ1n) is 7.78. The van der Waals surface area contributed by atoms with Crippen LogP contribution in [-0.4, -0.2) is 12.6 Å². The van der Waals surface area contributed by atoms with E-state index in [1.54, 1.807) is 12.1 Å². The molecule has 0 amide bonds. The molecule has 1 unspecified atom stereocenters. The van der Waals surface area contributed by atoms with Gasteiger partial charge in [0.1, 0.15) is 5.82 Å². The molecule has 110 valence electrons. The van der Waals surface area contributed by atoms with Crippen molar-refractivity contribution in [2.24, 2.45) is 0 Å². The van der Waals surface area contributed by atoms with Gasteiger partial charge in [-0.25, -0.2) is 4.39 Å². The molecule has 0 aliphatic heterocycles. The molecule has 2 aromatic rings. The van der Waals surface area contributed by atoms with Crippen LogP contribution in [0.4, 0.5) is 4.39 Å². The molecule has 1 fully saturated rings. The summed E-state index contributed by atoms with van der Waals surface area (Å²) in [4.78, 5) is 0. The summed E-state index contributed by atoms with van der Waals surface area (Å²) in [5.74, 6) is -0.164. The van der Waals surface area contributed by atoms with Crippen LogP contribution in [0.5, 0.6) is 0 Å². The number of likely N-dealkylation sites (N-methyl/N-ethyl adjacent to an activating group) is 1. The highest BCUT2D eigenvalue weighted by molar-refractivity contribution is 5.35. The van der Waals surface area contributed by atoms with Crippen LogP contribution in [0.25, 0.3) is 0 Å². The highest BCUT2D eigenvalue weighted by Crippen LogP contribution is 2.51. The molecule has 1 aliphatic carbocycles. The lowest BCUT2D eigenvalue weighted by atomic mass is 9.84. The second kappa shape index (κ2) is 5.98. The summed E-state index contributed by atoms with van der Waals surface area (Å²) in [6, 6.07) is 18.1. The van der Waals surface area contributed by atoms with Crippen LogP contribution in [0.15, 0.2) is 54.6 Å². The Morgan fingerprint density at radius 1 is 1.05 bits per heavy atom. The molecule has 1 atom stereocenters. The first-order valence-corrected chi connectivity index (χ1v) is 7.78. The van der Waals surface area contributed by atoms with Crippen molar-refractivity contribution in [3.63, 3.8) is 0 Å². The lowest BCUT2D eigenvalue weighted by molar-refractivity contribution is 0.421. The van der Waals surface area contributed by atoms with E-state index in [1.165, 1.54) is 24.0 Å². The molecule has 1 N–H and O–H groups in total. The Morgan fingerprint density at radius 2 is 1.71 bits per heavy atom. The predicted octanol–water partition coefficient (Wildman–Crippen LogP) is 4.08. The average molecular weight is 283 g/mol. The van der Waals surface area contributed by atoms with Crippen molar-refractivity contribution in [1.29, 1.82) is 0 Å². The van der Waals surface area contributed by atoms with Crippen molar-refractivity contribution >= 4 is 0 Å². The van der Waals surface area contributed by atoms with Gasteiger partial charge in [0.2, 0.25) is 0 Å². The maximum atomic E-state index is 13.1. The summed E-state index contributed by atoms with van der Waals surface area (Å²) in [6.45, 7) is 3.11. The monoisotopic (exact) mass is 283 g/mol. The lowest BCUT2D eigenvalue weighted by Crippen LogP contribution is -2.41. The maximum absolute atomic E-state index is 13.1. The largest absolute Gasteiger partial charge is 0.313 e. The summed E-state index contributed by atoms with van der Waals surface area (Å²) in [7, 11) is 0. The van der Waals surface area contributed by atoms with Gasteiger partial charge in [-0.05, 0) is 49.1 Å². The third-order valence-corrected chi connectivity index (χ3v) is 4.61. The molecule has 2 aromatic carbocycles. The second-order valence-electron chi connectivity index (χ2n) is 5.96. The molecule has 21 heavy (non-hydrogen) atoms. The number of halogens is 1. The van der Waals surface area contributed by atoms with E-state index < -0.39 is 0 Å². The standard InChI is InChI=1S/C19H22FN/c1-2-21-18(14-15-8-10-17(20)11-9-15)19(12-13-19)16-6-4-3-5-7-16/h3-11,18,21H,2,12-14H2,1H3.